The summed E-state index contributed by atoms with van der Waals surface area (Å²) in [6, 6.07) is -1.30. The first-order valence-corrected chi connectivity index (χ1v) is 4.34. The minimum absolute atomic E-state index is 0.0244. The summed E-state index contributed by atoms with van der Waals surface area (Å²) < 4.78 is 0. The Labute approximate surface area is 86.5 Å². The van der Waals surface area contributed by atoms with Crippen LogP contribution in [0.15, 0.2) is 0 Å². The van der Waals surface area contributed by atoms with E-state index >= 15 is 0 Å². The normalized spacial score (nSPS) is 11.6. The Morgan fingerprint density at radius 2 is 1.93 bits per heavy atom. The first-order valence-electron chi connectivity index (χ1n) is 4.34. The number of aliphatic hydroxyl groups is 1. The average Bonchev–Trinajstić information content (AvgIpc) is 2.13. The molecule has 0 aliphatic carbocycles. The van der Waals surface area contributed by atoms with Crippen LogP contribution in [0.5, 0.6) is 0 Å². The third-order valence-electron chi connectivity index (χ3n) is 1.54. The van der Waals surface area contributed by atoms with Crippen LogP contribution in [0.3, 0.4) is 0 Å². The molecule has 0 fully saturated rings. The Kier molecular flexibility index (Phi) is 6.03. The summed E-state index contributed by atoms with van der Waals surface area (Å²) in [4.78, 5) is 31.9. The number of rotatable bonds is 6. The molecule has 7 heteroatoms. The van der Waals surface area contributed by atoms with Crippen LogP contribution in [0.1, 0.15) is 13.3 Å². The van der Waals surface area contributed by atoms with E-state index in [2.05, 4.69) is 10.6 Å². The van der Waals surface area contributed by atoms with Gasteiger partial charge in [0, 0.05) is 19.9 Å². The van der Waals surface area contributed by atoms with Crippen molar-refractivity contribution in [3.8, 4) is 0 Å². The summed E-state index contributed by atoms with van der Waals surface area (Å²) >= 11 is 0. The quantitative estimate of drug-likeness (QED) is 0.414. The Bertz CT molecular complexity index is 253. The van der Waals surface area contributed by atoms with E-state index < -0.39 is 24.5 Å². The molecule has 0 bridgehead atoms. The summed E-state index contributed by atoms with van der Waals surface area (Å²) in [5, 5.41) is 21.6. The lowest BCUT2D eigenvalue weighted by molar-refractivity contribution is -0.143. The van der Waals surface area contributed by atoms with Crippen molar-refractivity contribution in [2.24, 2.45) is 0 Å². The minimum Gasteiger partial charge on any atom is -0.480 e. The first kappa shape index (κ1) is 13.4. The third-order valence-corrected chi connectivity index (χ3v) is 1.54. The average molecular weight is 218 g/mol. The van der Waals surface area contributed by atoms with Gasteiger partial charge in [0.1, 0.15) is 6.04 Å². The molecule has 0 saturated heterocycles. The summed E-state index contributed by atoms with van der Waals surface area (Å²) in [6.45, 7) is 0.784. The molecule has 0 unspecified atom stereocenters. The molecule has 15 heavy (non-hydrogen) atoms. The molecule has 0 saturated carbocycles. The molecule has 86 valence electrons. The summed E-state index contributed by atoms with van der Waals surface area (Å²) in [7, 11) is 0. The Morgan fingerprint density at radius 1 is 1.33 bits per heavy atom. The molecular formula is C8H14N2O5. The van der Waals surface area contributed by atoms with Crippen molar-refractivity contribution in [3.63, 3.8) is 0 Å². The smallest absolute Gasteiger partial charge is 0.328 e. The molecule has 0 rings (SSSR count). The predicted molar refractivity (Wildman–Crippen MR) is 50.0 cm³/mol. The molecule has 4 N–H and O–H groups in total. The topological polar surface area (TPSA) is 116 Å². The van der Waals surface area contributed by atoms with Crippen LogP contribution in [0.25, 0.3) is 0 Å². The Hall–Kier alpha value is -1.63. The number of hydrogen-bond acceptors (Lipinski definition) is 4. The molecule has 0 aromatic rings. The minimum atomic E-state index is -1.30. The van der Waals surface area contributed by atoms with E-state index in [0.29, 0.717) is 0 Å². The highest BCUT2D eigenvalue weighted by Crippen LogP contribution is 1.85. The standard InChI is InChI=1S/C8H14N2O5/c1-5(12)9-3-2-7(13)10-6(4-11)8(14)15/h6,11H,2-4H2,1H3,(H,9,12)(H,10,13)(H,14,15)/t6-/m0/s1. The van der Waals surface area contributed by atoms with E-state index in [9.17, 15) is 14.4 Å². The fourth-order valence-electron chi connectivity index (χ4n) is 0.804. The molecule has 0 radical (unpaired) electrons. The molecule has 2 amide bonds. The zero-order valence-corrected chi connectivity index (χ0v) is 8.32. The molecule has 0 aromatic heterocycles. The highest BCUT2D eigenvalue weighted by atomic mass is 16.4. The number of carboxylic acids is 1. The van der Waals surface area contributed by atoms with Crippen LogP contribution in [-0.2, 0) is 14.4 Å². The fraction of sp³-hybridized carbons (Fsp3) is 0.625. The molecule has 7 nitrogen and oxygen atoms in total. The van der Waals surface area contributed by atoms with Crippen LogP contribution in [0, 0.1) is 0 Å². The van der Waals surface area contributed by atoms with Crippen molar-refractivity contribution in [1.82, 2.24) is 10.6 Å². The van der Waals surface area contributed by atoms with Gasteiger partial charge in [-0.15, -0.1) is 0 Å². The van der Waals surface area contributed by atoms with Gasteiger partial charge in [-0.25, -0.2) is 4.79 Å². The summed E-state index contributed by atoms with van der Waals surface area (Å²) in [6.07, 6.45) is -0.0244. The van der Waals surface area contributed by atoms with Gasteiger partial charge in [0.15, 0.2) is 0 Å². The van der Waals surface area contributed by atoms with Gasteiger partial charge < -0.3 is 20.8 Å². The van der Waals surface area contributed by atoms with Crippen LogP contribution >= 0.6 is 0 Å². The number of carboxylic acid groups (broad SMARTS) is 1. The monoisotopic (exact) mass is 218 g/mol. The molecule has 0 heterocycles. The second-order valence-corrected chi connectivity index (χ2v) is 2.87. The maximum absolute atomic E-state index is 11.1. The molecular weight excluding hydrogens is 204 g/mol. The second kappa shape index (κ2) is 6.77. The molecule has 1 atom stereocenters. The van der Waals surface area contributed by atoms with Gasteiger partial charge in [0.25, 0.3) is 0 Å². The number of amides is 2. The van der Waals surface area contributed by atoms with E-state index in [1.54, 1.807) is 0 Å². The molecule has 0 aliphatic rings. The number of nitrogens with one attached hydrogen (secondary N) is 2. The van der Waals surface area contributed by atoms with Crippen molar-refractivity contribution in [3.05, 3.63) is 0 Å². The van der Waals surface area contributed by atoms with Crippen molar-refractivity contribution in [2.75, 3.05) is 13.2 Å². The van der Waals surface area contributed by atoms with Crippen LogP contribution in [0.4, 0.5) is 0 Å². The lowest BCUT2D eigenvalue weighted by atomic mass is 10.3. The van der Waals surface area contributed by atoms with Crippen LogP contribution in [0.2, 0.25) is 0 Å². The zero-order chi connectivity index (χ0) is 11.8. The van der Waals surface area contributed by atoms with Crippen molar-refractivity contribution >= 4 is 17.8 Å². The van der Waals surface area contributed by atoms with Gasteiger partial charge >= 0.3 is 5.97 Å². The van der Waals surface area contributed by atoms with E-state index in [1.165, 1.54) is 6.92 Å². The van der Waals surface area contributed by atoms with Gasteiger partial charge in [-0.3, -0.25) is 9.59 Å². The summed E-state index contributed by atoms with van der Waals surface area (Å²) in [5.74, 6) is -2.10. The maximum atomic E-state index is 11.1. The van der Waals surface area contributed by atoms with Gasteiger partial charge in [-0.05, 0) is 0 Å². The Morgan fingerprint density at radius 3 is 2.33 bits per heavy atom. The van der Waals surface area contributed by atoms with E-state index in [-0.39, 0.29) is 18.9 Å². The number of aliphatic hydroxyl groups excluding tert-OH is 1. The molecule has 0 spiro atoms. The lowest BCUT2D eigenvalue weighted by Crippen LogP contribution is -2.44. The first-order chi connectivity index (χ1) is 6.97. The zero-order valence-electron chi connectivity index (χ0n) is 8.32. The van der Waals surface area contributed by atoms with Crippen LogP contribution < -0.4 is 10.6 Å². The maximum Gasteiger partial charge on any atom is 0.328 e. The third kappa shape index (κ3) is 6.44. The highest BCUT2D eigenvalue weighted by Gasteiger charge is 2.17. The number of hydrogen-bond donors (Lipinski definition) is 4. The van der Waals surface area contributed by atoms with Crippen molar-refractivity contribution < 1.29 is 24.6 Å². The largest absolute Gasteiger partial charge is 0.480 e. The number of carbonyl (C=O) groups excluding carboxylic acids is 2. The number of carbonyl (C=O) groups is 3. The molecule has 0 aliphatic heterocycles. The van der Waals surface area contributed by atoms with Crippen molar-refractivity contribution in [2.45, 2.75) is 19.4 Å². The molecule has 0 aromatic carbocycles. The van der Waals surface area contributed by atoms with Gasteiger partial charge in [-0.2, -0.15) is 0 Å². The Balaban J connectivity index is 3.81. The highest BCUT2D eigenvalue weighted by molar-refractivity contribution is 5.84. The van der Waals surface area contributed by atoms with Gasteiger partial charge in [0.05, 0.1) is 6.61 Å². The number of aliphatic carboxylic acids is 1. The lowest BCUT2D eigenvalue weighted by Gasteiger charge is -2.11. The van der Waals surface area contributed by atoms with Crippen molar-refractivity contribution in [1.29, 1.82) is 0 Å². The van der Waals surface area contributed by atoms with E-state index in [4.69, 9.17) is 10.2 Å². The van der Waals surface area contributed by atoms with E-state index in [0.717, 1.165) is 0 Å². The van der Waals surface area contributed by atoms with Crippen LogP contribution in [-0.4, -0.2) is 47.2 Å². The summed E-state index contributed by atoms with van der Waals surface area (Å²) in [5.41, 5.74) is 0. The van der Waals surface area contributed by atoms with Gasteiger partial charge in [-0.1, -0.05) is 0 Å². The van der Waals surface area contributed by atoms with Gasteiger partial charge in [0.2, 0.25) is 11.8 Å². The predicted octanol–water partition coefficient (Wildman–Crippen LogP) is -1.93. The second-order valence-electron chi connectivity index (χ2n) is 2.87. The fourth-order valence-corrected chi connectivity index (χ4v) is 0.804. The van der Waals surface area contributed by atoms with E-state index in [1.807, 2.05) is 0 Å². The SMILES string of the molecule is CC(=O)NCCC(=O)N[C@@H](CO)C(=O)O.